The fraction of sp³-hybridized carbons (Fsp3) is 0.409. The lowest BCUT2D eigenvalue weighted by Crippen LogP contribution is -2.51. The predicted octanol–water partition coefficient (Wildman–Crippen LogP) is 2.78. The number of rotatable bonds is 3. The van der Waals surface area contributed by atoms with Gasteiger partial charge >= 0.3 is 0 Å². The van der Waals surface area contributed by atoms with E-state index < -0.39 is 0 Å². The minimum absolute atomic E-state index is 0.0506. The van der Waals surface area contributed by atoms with Crippen molar-refractivity contribution >= 4 is 5.96 Å². The van der Waals surface area contributed by atoms with Crippen molar-refractivity contribution in [2.75, 3.05) is 39.9 Å². The zero-order valence-corrected chi connectivity index (χ0v) is 16.4. The predicted molar refractivity (Wildman–Crippen MR) is 109 cm³/mol. The summed E-state index contributed by atoms with van der Waals surface area (Å²) in [5.74, 6) is 2.46. The fourth-order valence-electron chi connectivity index (χ4n) is 3.68. The minimum Gasteiger partial charge on any atom is -0.486 e. The van der Waals surface area contributed by atoms with Crippen molar-refractivity contribution < 1.29 is 14.2 Å². The molecular formula is C22H27N3O3. The molecule has 0 aliphatic carbocycles. The Balaban J connectivity index is 1.36. The summed E-state index contributed by atoms with van der Waals surface area (Å²) >= 11 is 0. The van der Waals surface area contributed by atoms with Gasteiger partial charge in [-0.25, -0.2) is 0 Å². The monoisotopic (exact) mass is 381 g/mol. The number of hydrogen-bond donors (Lipinski definition) is 1. The molecule has 2 atom stereocenters. The summed E-state index contributed by atoms with van der Waals surface area (Å²) < 4.78 is 17.9. The number of fused-ring (bicyclic) bond motifs is 1. The van der Waals surface area contributed by atoms with E-state index >= 15 is 0 Å². The molecule has 6 nitrogen and oxygen atoms in total. The average Bonchev–Trinajstić information content (AvgIpc) is 2.74. The summed E-state index contributed by atoms with van der Waals surface area (Å²) in [6.07, 6.45) is -0.00510. The molecule has 0 bridgehead atoms. The van der Waals surface area contributed by atoms with E-state index in [0.29, 0.717) is 19.8 Å². The van der Waals surface area contributed by atoms with Crippen LogP contribution < -0.4 is 14.8 Å². The highest BCUT2D eigenvalue weighted by molar-refractivity contribution is 5.80. The normalized spacial score (nSPS) is 22.1. The Kier molecular flexibility index (Phi) is 5.67. The van der Waals surface area contributed by atoms with E-state index in [9.17, 15) is 0 Å². The molecule has 2 aromatic carbocycles. The number of morpholine rings is 1. The van der Waals surface area contributed by atoms with Crippen LogP contribution in [0.25, 0.3) is 0 Å². The van der Waals surface area contributed by atoms with Crippen LogP contribution in [-0.2, 0) is 4.74 Å². The quantitative estimate of drug-likeness (QED) is 0.655. The van der Waals surface area contributed by atoms with Gasteiger partial charge in [0.25, 0.3) is 0 Å². The van der Waals surface area contributed by atoms with Gasteiger partial charge in [0.05, 0.1) is 19.7 Å². The lowest BCUT2D eigenvalue weighted by atomic mass is 10.0. The number of nitrogens with one attached hydrogen (secondary N) is 1. The van der Waals surface area contributed by atoms with E-state index in [1.165, 1.54) is 11.1 Å². The molecule has 2 heterocycles. The molecule has 28 heavy (non-hydrogen) atoms. The highest BCUT2D eigenvalue weighted by atomic mass is 16.6. The third-order valence-corrected chi connectivity index (χ3v) is 5.17. The van der Waals surface area contributed by atoms with Gasteiger partial charge in [0.15, 0.2) is 17.5 Å². The molecular weight excluding hydrogens is 354 g/mol. The van der Waals surface area contributed by atoms with Gasteiger partial charge in [-0.05, 0) is 30.2 Å². The van der Waals surface area contributed by atoms with Gasteiger partial charge in [-0.3, -0.25) is 4.99 Å². The van der Waals surface area contributed by atoms with Gasteiger partial charge in [0.2, 0.25) is 0 Å². The SMILES string of the molecule is CN=C(NCC1COc2ccccc2O1)N1CCOC(c2ccccc2C)C1. The van der Waals surface area contributed by atoms with Crippen molar-refractivity contribution in [3.63, 3.8) is 0 Å². The maximum Gasteiger partial charge on any atom is 0.193 e. The lowest BCUT2D eigenvalue weighted by molar-refractivity contribution is -0.00860. The van der Waals surface area contributed by atoms with Crippen molar-refractivity contribution in [3.8, 4) is 11.5 Å². The molecule has 1 N–H and O–H groups in total. The summed E-state index contributed by atoms with van der Waals surface area (Å²) in [6.45, 7) is 5.55. The number of nitrogens with zero attached hydrogens (tertiary/aromatic N) is 2. The zero-order valence-electron chi connectivity index (χ0n) is 16.4. The van der Waals surface area contributed by atoms with Crippen LogP contribution in [-0.4, -0.2) is 56.9 Å². The molecule has 0 aromatic heterocycles. The number of ether oxygens (including phenoxy) is 3. The molecule has 2 aromatic rings. The van der Waals surface area contributed by atoms with E-state index in [0.717, 1.165) is 30.5 Å². The van der Waals surface area contributed by atoms with Gasteiger partial charge in [-0.2, -0.15) is 0 Å². The van der Waals surface area contributed by atoms with Crippen molar-refractivity contribution in [3.05, 3.63) is 59.7 Å². The number of aliphatic imine (C=N–C) groups is 1. The van der Waals surface area contributed by atoms with Gasteiger partial charge in [-0.1, -0.05) is 36.4 Å². The van der Waals surface area contributed by atoms with E-state index in [-0.39, 0.29) is 12.2 Å². The van der Waals surface area contributed by atoms with Gasteiger partial charge < -0.3 is 24.4 Å². The van der Waals surface area contributed by atoms with Crippen molar-refractivity contribution in [2.24, 2.45) is 4.99 Å². The van der Waals surface area contributed by atoms with Crippen molar-refractivity contribution in [2.45, 2.75) is 19.1 Å². The second-order valence-electron chi connectivity index (χ2n) is 7.09. The zero-order chi connectivity index (χ0) is 19.3. The topological polar surface area (TPSA) is 55.3 Å². The van der Waals surface area contributed by atoms with Crippen LogP contribution in [0.15, 0.2) is 53.5 Å². The molecule has 0 saturated carbocycles. The minimum atomic E-state index is -0.0557. The second-order valence-corrected chi connectivity index (χ2v) is 7.09. The third kappa shape index (κ3) is 4.07. The van der Waals surface area contributed by atoms with Crippen LogP contribution in [0.4, 0.5) is 0 Å². The summed E-state index contributed by atoms with van der Waals surface area (Å²) in [5.41, 5.74) is 2.49. The summed E-state index contributed by atoms with van der Waals surface area (Å²) in [7, 11) is 1.81. The second kappa shape index (κ2) is 8.52. The van der Waals surface area contributed by atoms with Crippen molar-refractivity contribution in [1.29, 1.82) is 0 Å². The van der Waals surface area contributed by atoms with Crippen LogP contribution in [0.2, 0.25) is 0 Å². The third-order valence-electron chi connectivity index (χ3n) is 5.17. The molecule has 0 amide bonds. The Morgan fingerprint density at radius 1 is 1.14 bits per heavy atom. The largest absolute Gasteiger partial charge is 0.486 e. The first-order chi connectivity index (χ1) is 13.7. The highest BCUT2D eigenvalue weighted by Gasteiger charge is 2.26. The number of para-hydroxylation sites is 2. The number of hydrogen-bond acceptors (Lipinski definition) is 4. The van der Waals surface area contributed by atoms with Gasteiger partial charge in [0, 0.05) is 13.6 Å². The van der Waals surface area contributed by atoms with E-state index in [4.69, 9.17) is 14.2 Å². The molecule has 2 unspecified atom stereocenters. The maximum absolute atomic E-state index is 6.03. The van der Waals surface area contributed by atoms with Gasteiger partial charge in [-0.15, -0.1) is 0 Å². The Bertz CT molecular complexity index is 839. The first-order valence-corrected chi connectivity index (χ1v) is 9.76. The van der Waals surface area contributed by atoms with Crippen LogP contribution in [0.3, 0.4) is 0 Å². The smallest absolute Gasteiger partial charge is 0.193 e. The summed E-state index contributed by atoms with van der Waals surface area (Å²) in [4.78, 5) is 6.72. The summed E-state index contributed by atoms with van der Waals surface area (Å²) in [6, 6.07) is 16.2. The first-order valence-electron chi connectivity index (χ1n) is 9.76. The molecule has 1 fully saturated rings. The van der Waals surface area contributed by atoms with Crippen LogP contribution in [0.5, 0.6) is 11.5 Å². The Morgan fingerprint density at radius 2 is 1.93 bits per heavy atom. The number of aryl methyl sites for hydroxylation is 1. The Labute approximate surface area is 166 Å². The van der Waals surface area contributed by atoms with Crippen LogP contribution in [0.1, 0.15) is 17.2 Å². The summed E-state index contributed by atoms with van der Waals surface area (Å²) in [5, 5.41) is 3.44. The Hall–Kier alpha value is -2.73. The molecule has 4 rings (SSSR count). The molecule has 0 spiro atoms. The standard InChI is InChI=1S/C22H27N3O3/c1-16-7-3-4-8-18(16)21-14-25(11-12-26-21)22(23-2)24-13-17-15-27-19-9-5-6-10-20(19)28-17/h3-10,17,21H,11-15H2,1-2H3,(H,23,24). The Morgan fingerprint density at radius 3 is 2.75 bits per heavy atom. The maximum atomic E-state index is 6.03. The highest BCUT2D eigenvalue weighted by Crippen LogP contribution is 2.30. The molecule has 148 valence electrons. The first kappa shape index (κ1) is 18.6. The molecule has 0 radical (unpaired) electrons. The lowest BCUT2D eigenvalue weighted by Gasteiger charge is -2.36. The van der Waals surface area contributed by atoms with E-state index in [2.05, 4.69) is 46.4 Å². The van der Waals surface area contributed by atoms with Gasteiger partial charge in [0.1, 0.15) is 18.8 Å². The molecule has 2 aliphatic heterocycles. The molecule has 1 saturated heterocycles. The number of benzene rings is 2. The average molecular weight is 381 g/mol. The van der Waals surface area contributed by atoms with Crippen LogP contribution in [0, 0.1) is 6.92 Å². The van der Waals surface area contributed by atoms with E-state index in [1.807, 2.05) is 31.3 Å². The molecule has 2 aliphatic rings. The number of guanidine groups is 1. The molecule has 6 heteroatoms. The van der Waals surface area contributed by atoms with Crippen molar-refractivity contribution in [1.82, 2.24) is 10.2 Å². The van der Waals surface area contributed by atoms with Crippen LogP contribution >= 0.6 is 0 Å². The van der Waals surface area contributed by atoms with E-state index in [1.54, 1.807) is 0 Å². The fourth-order valence-corrected chi connectivity index (χ4v) is 3.68.